The number of ether oxygens (including phenoxy) is 1. The number of hydrogen-bond donors (Lipinski definition) is 2. The topological polar surface area (TPSA) is 123 Å². The highest BCUT2D eigenvalue weighted by atomic mass is 32.2. The molecule has 1 fully saturated rings. The molecule has 9 nitrogen and oxygen atoms in total. The Kier molecular flexibility index (Phi) is 7.17. The molecule has 0 aliphatic carbocycles. The molecule has 1 atom stereocenters. The van der Waals surface area contributed by atoms with Crippen molar-refractivity contribution in [2.24, 2.45) is 10.9 Å². The fourth-order valence-corrected chi connectivity index (χ4v) is 3.30. The van der Waals surface area contributed by atoms with Gasteiger partial charge in [-0.15, -0.1) is 0 Å². The second-order valence-corrected chi connectivity index (χ2v) is 7.55. The van der Waals surface area contributed by atoms with Crippen LogP contribution in [0.3, 0.4) is 0 Å². The number of rotatable bonds is 8. The molecule has 0 bridgehead atoms. The van der Waals surface area contributed by atoms with Crippen LogP contribution in [0.25, 0.3) is 0 Å². The number of anilines is 1. The lowest BCUT2D eigenvalue weighted by Gasteiger charge is -2.09. The monoisotopic (exact) mass is 394 g/mol. The summed E-state index contributed by atoms with van der Waals surface area (Å²) in [4.78, 5) is 39.2. The van der Waals surface area contributed by atoms with Gasteiger partial charge in [0, 0.05) is 13.0 Å². The number of carbonyl (C=O) groups excluding carboxylic acids is 2. The van der Waals surface area contributed by atoms with Crippen molar-refractivity contribution in [1.29, 1.82) is 0 Å². The molecule has 1 aromatic carbocycles. The van der Waals surface area contributed by atoms with Crippen LogP contribution in [0.4, 0.5) is 11.4 Å². The number of thioether (sulfide) groups is 1. The van der Waals surface area contributed by atoms with Crippen LogP contribution in [0, 0.1) is 16.0 Å². The highest BCUT2D eigenvalue weighted by Crippen LogP contribution is 2.30. The Morgan fingerprint density at radius 3 is 2.85 bits per heavy atom. The van der Waals surface area contributed by atoms with Crippen LogP contribution in [0.5, 0.6) is 5.75 Å². The first-order valence-corrected chi connectivity index (χ1v) is 9.32. The van der Waals surface area contributed by atoms with Crippen LogP contribution in [0.2, 0.25) is 0 Å². The SMILES string of the molecule is COc1ccc(NC(=O)C[C@@H]2SC(=NCCC(C)C)NC2=O)c([N+](=O)[O-])c1. The molecule has 0 radical (unpaired) electrons. The molecule has 1 saturated heterocycles. The average Bonchev–Trinajstić information content (AvgIpc) is 2.94. The van der Waals surface area contributed by atoms with Gasteiger partial charge in [-0.3, -0.25) is 24.7 Å². The van der Waals surface area contributed by atoms with Crippen molar-refractivity contribution in [2.45, 2.75) is 31.9 Å². The van der Waals surface area contributed by atoms with E-state index in [2.05, 4.69) is 29.5 Å². The molecule has 1 heterocycles. The summed E-state index contributed by atoms with van der Waals surface area (Å²) < 4.78 is 4.96. The number of methoxy groups -OCH3 is 1. The van der Waals surface area contributed by atoms with E-state index in [4.69, 9.17) is 4.74 Å². The largest absolute Gasteiger partial charge is 0.496 e. The first-order chi connectivity index (χ1) is 12.8. The lowest BCUT2D eigenvalue weighted by molar-refractivity contribution is -0.384. The first-order valence-electron chi connectivity index (χ1n) is 8.44. The third-order valence-electron chi connectivity index (χ3n) is 3.78. The van der Waals surface area contributed by atoms with E-state index in [1.54, 1.807) is 0 Å². The van der Waals surface area contributed by atoms with Crippen molar-refractivity contribution in [2.75, 3.05) is 19.0 Å². The van der Waals surface area contributed by atoms with E-state index in [-0.39, 0.29) is 23.7 Å². The van der Waals surface area contributed by atoms with Crippen LogP contribution in [0.15, 0.2) is 23.2 Å². The van der Waals surface area contributed by atoms with Crippen molar-refractivity contribution < 1.29 is 19.2 Å². The van der Waals surface area contributed by atoms with Crippen molar-refractivity contribution in [1.82, 2.24) is 5.32 Å². The summed E-state index contributed by atoms with van der Waals surface area (Å²) in [5.41, 5.74) is -0.220. The Morgan fingerprint density at radius 1 is 1.48 bits per heavy atom. The summed E-state index contributed by atoms with van der Waals surface area (Å²) in [6.07, 6.45) is 0.801. The number of nitro groups is 1. The van der Waals surface area contributed by atoms with Crippen LogP contribution < -0.4 is 15.4 Å². The van der Waals surface area contributed by atoms with E-state index in [1.165, 1.54) is 37.1 Å². The van der Waals surface area contributed by atoms with Gasteiger partial charge in [0.25, 0.3) is 5.69 Å². The Labute approximate surface area is 161 Å². The van der Waals surface area contributed by atoms with Gasteiger partial charge in [0.1, 0.15) is 16.7 Å². The number of benzene rings is 1. The molecule has 0 spiro atoms. The fourth-order valence-electron chi connectivity index (χ4n) is 2.30. The van der Waals surface area contributed by atoms with Crippen molar-refractivity contribution >= 4 is 40.1 Å². The summed E-state index contributed by atoms with van der Waals surface area (Å²) in [6, 6.07) is 4.14. The summed E-state index contributed by atoms with van der Waals surface area (Å²) in [6.45, 7) is 4.79. The molecule has 1 aromatic rings. The number of hydrogen-bond acceptors (Lipinski definition) is 7. The van der Waals surface area contributed by atoms with Gasteiger partial charge >= 0.3 is 0 Å². The number of amidine groups is 1. The minimum absolute atomic E-state index is 0.0556. The van der Waals surface area contributed by atoms with Gasteiger partial charge in [0.2, 0.25) is 11.8 Å². The molecular formula is C17H22N4O5S. The summed E-state index contributed by atoms with van der Waals surface area (Å²) >= 11 is 1.20. The third kappa shape index (κ3) is 5.95. The highest BCUT2D eigenvalue weighted by Gasteiger charge is 2.32. The Bertz CT molecular complexity index is 766. The van der Waals surface area contributed by atoms with Gasteiger partial charge < -0.3 is 15.4 Å². The van der Waals surface area contributed by atoms with Crippen molar-refractivity contribution in [3.63, 3.8) is 0 Å². The molecule has 27 heavy (non-hydrogen) atoms. The summed E-state index contributed by atoms with van der Waals surface area (Å²) in [5, 5.41) is 16.2. The van der Waals surface area contributed by atoms with Gasteiger partial charge in [-0.2, -0.15) is 0 Å². The van der Waals surface area contributed by atoms with Gasteiger partial charge in [-0.25, -0.2) is 0 Å². The zero-order chi connectivity index (χ0) is 20.0. The smallest absolute Gasteiger partial charge is 0.296 e. The van der Waals surface area contributed by atoms with E-state index in [9.17, 15) is 19.7 Å². The van der Waals surface area contributed by atoms with Gasteiger partial charge in [0.05, 0.1) is 18.1 Å². The van der Waals surface area contributed by atoms with Gasteiger partial charge in [-0.05, 0) is 24.5 Å². The second kappa shape index (κ2) is 9.36. The molecule has 2 N–H and O–H groups in total. The second-order valence-electron chi connectivity index (χ2n) is 6.36. The van der Waals surface area contributed by atoms with Crippen LogP contribution in [0.1, 0.15) is 26.7 Å². The van der Waals surface area contributed by atoms with Crippen LogP contribution in [-0.4, -0.2) is 40.8 Å². The maximum Gasteiger partial charge on any atom is 0.296 e. The molecule has 1 aliphatic heterocycles. The highest BCUT2D eigenvalue weighted by molar-refractivity contribution is 8.15. The minimum atomic E-state index is -0.611. The maximum atomic E-state index is 12.3. The Hall–Kier alpha value is -2.62. The average molecular weight is 394 g/mol. The number of nitro benzene ring substituents is 1. The van der Waals surface area contributed by atoms with Gasteiger partial charge in [0.15, 0.2) is 5.17 Å². The normalized spacial score (nSPS) is 17.9. The number of carbonyl (C=O) groups is 2. The molecule has 1 aliphatic rings. The molecule has 0 aromatic heterocycles. The van der Waals surface area contributed by atoms with Crippen molar-refractivity contribution in [3.05, 3.63) is 28.3 Å². The molecular weight excluding hydrogens is 372 g/mol. The maximum absolute atomic E-state index is 12.3. The fraction of sp³-hybridized carbons (Fsp3) is 0.471. The zero-order valence-corrected chi connectivity index (χ0v) is 16.2. The van der Waals surface area contributed by atoms with E-state index in [0.717, 1.165) is 6.42 Å². The van der Waals surface area contributed by atoms with Gasteiger partial charge in [-0.1, -0.05) is 25.6 Å². The quantitative estimate of drug-likeness (QED) is 0.516. The first kappa shape index (κ1) is 20.7. The molecule has 0 saturated carbocycles. The van der Waals surface area contributed by atoms with Crippen LogP contribution in [-0.2, 0) is 9.59 Å². The predicted molar refractivity (Wildman–Crippen MR) is 104 cm³/mol. The van der Waals surface area contributed by atoms with Crippen molar-refractivity contribution in [3.8, 4) is 5.75 Å². The Morgan fingerprint density at radius 2 is 2.22 bits per heavy atom. The third-order valence-corrected chi connectivity index (χ3v) is 4.90. The molecule has 2 rings (SSSR count). The van der Waals surface area contributed by atoms with E-state index < -0.39 is 16.1 Å². The number of aliphatic imine (C=N–C) groups is 1. The molecule has 10 heteroatoms. The molecule has 2 amide bonds. The number of nitrogens with zero attached hydrogens (tertiary/aromatic N) is 2. The molecule has 0 unspecified atom stereocenters. The lowest BCUT2D eigenvalue weighted by Crippen LogP contribution is -2.28. The van der Waals surface area contributed by atoms with E-state index in [1.807, 2.05) is 0 Å². The van der Waals surface area contributed by atoms with E-state index in [0.29, 0.717) is 23.4 Å². The summed E-state index contributed by atoms with van der Waals surface area (Å²) in [7, 11) is 1.40. The number of nitrogens with one attached hydrogen (secondary N) is 2. The predicted octanol–water partition coefficient (Wildman–Crippen LogP) is 2.57. The minimum Gasteiger partial charge on any atom is -0.496 e. The number of amides is 2. The molecule has 146 valence electrons. The Balaban J connectivity index is 1.98. The summed E-state index contributed by atoms with van der Waals surface area (Å²) in [5.74, 6) is 0.0491. The standard InChI is InChI=1S/C17H22N4O5S/c1-10(2)6-7-18-17-20-16(23)14(27-17)9-15(22)19-12-5-4-11(26-3)8-13(12)21(24)25/h4-5,8,10,14H,6-7,9H2,1-3H3,(H,19,22)(H,18,20,23)/t14-/m0/s1. The van der Waals surface area contributed by atoms with E-state index >= 15 is 0 Å². The van der Waals surface area contributed by atoms with Crippen LogP contribution >= 0.6 is 11.8 Å². The lowest BCUT2D eigenvalue weighted by atomic mass is 10.1. The zero-order valence-electron chi connectivity index (χ0n) is 15.4.